The van der Waals surface area contributed by atoms with Crippen molar-refractivity contribution in [2.24, 2.45) is 0 Å². The van der Waals surface area contributed by atoms with Crippen LogP contribution in [0, 0.1) is 0 Å². The molecule has 27 heavy (non-hydrogen) atoms. The van der Waals surface area contributed by atoms with Crippen molar-refractivity contribution in [3.05, 3.63) is 0 Å². The van der Waals surface area contributed by atoms with E-state index in [1.54, 1.807) is 0 Å². The Morgan fingerprint density at radius 2 is 1.22 bits per heavy atom. The summed E-state index contributed by atoms with van der Waals surface area (Å²) in [6, 6.07) is 0. The van der Waals surface area contributed by atoms with Crippen LogP contribution in [0.3, 0.4) is 0 Å². The van der Waals surface area contributed by atoms with Crippen LogP contribution in [-0.2, 0) is 4.79 Å². The fraction of sp³-hybridized carbons (Fsp3) is 0.957. The molecule has 0 aromatic rings. The van der Waals surface area contributed by atoms with Gasteiger partial charge in [0, 0.05) is 12.4 Å². The van der Waals surface area contributed by atoms with E-state index in [4.69, 9.17) is 0 Å². The first-order valence-electron chi connectivity index (χ1n) is 11.6. The number of likely N-dealkylation sites (N-methyl/N-ethyl adjacent to an activating group) is 1. The highest BCUT2D eigenvalue weighted by atomic mass is 16.4. The highest BCUT2D eigenvalue weighted by molar-refractivity contribution is 5.64. The number of hydrogen-bond donors (Lipinski definition) is 1. The molecule has 0 rings (SSSR count). The number of carbonyl (C=O) groups is 1. The number of hydrogen-bond acceptors (Lipinski definition) is 3. The normalized spacial score (nSPS) is 13.0. The smallest absolute Gasteiger partial charge is 0.105 e. The van der Waals surface area contributed by atoms with Crippen LogP contribution in [0.25, 0.3) is 0 Å². The SMILES string of the molecule is CCCCCCCCCCCCCCCCC(O)C[N+](C)(C)CCC(=O)[O-]. The summed E-state index contributed by atoms with van der Waals surface area (Å²) in [4.78, 5) is 10.6. The molecule has 0 aromatic carbocycles. The van der Waals surface area contributed by atoms with E-state index in [0.29, 0.717) is 17.6 Å². The third kappa shape index (κ3) is 19.9. The van der Waals surface area contributed by atoms with E-state index in [1.807, 2.05) is 14.1 Å². The molecule has 0 saturated carbocycles. The summed E-state index contributed by atoms with van der Waals surface area (Å²) in [7, 11) is 3.94. The zero-order valence-corrected chi connectivity index (χ0v) is 18.5. The van der Waals surface area contributed by atoms with Gasteiger partial charge < -0.3 is 19.5 Å². The zero-order chi connectivity index (χ0) is 20.4. The van der Waals surface area contributed by atoms with Crippen LogP contribution in [-0.4, -0.2) is 48.8 Å². The van der Waals surface area contributed by atoms with Crippen molar-refractivity contribution in [1.82, 2.24) is 0 Å². The average Bonchev–Trinajstić information content (AvgIpc) is 2.60. The molecule has 0 saturated heterocycles. The van der Waals surface area contributed by atoms with Gasteiger partial charge in [0.15, 0.2) is 0 Å². The largest absolute Gasteiger partial charge is 0.550 e. The standard InChI is InChI=1S/C23H47NO3/c1-4-5-6-7-8-9-10-11-12-13-14-15-16-17-18-22(25)21-24(2,3)20-19-23(26)27/h22,25H,4-21H2,1-3H3. The first-order chi connectivity index (χ1) is 12.9. The molecule has 0 heterocycles. The predicted molar refractivity (Wildman–Crippen MR) is 112 cm³/mol. The quantitative estimate of drug-likeness (QED) is 0.249. The molecule has 0 aliphatic heterocycles. The van der Waals surface area contributed by atoms with E-state index in [0.717, 1.165) is 12.8 Å². The fourth-order valence-electron chi connectivity index (χ4n) is 3.72. The zero-order valence-electron chi connectivity index (χ0n) is 18.5. The maximum Gasteiger partial charge on any atom is 0.105 e. The predicted octanol–water partition coefficient (Wildman–Crippen LogP) is 4.44. The highest BCUT2D eigenvalue weighted by Crippen LogP contribution is 2.14. The maximum absolute atomic E-state index is 10.6. The third-order valence-corrected chi connectivity index (χ3v) is 5.52. The molecule has 4 heteroatoms. The molecule has 0 bridgehead atoms. The van der Waals surface area contributed by atoms with Crippen molar-refractivity contribution >= 4 is 5.97 Å². The molecule has 0 radical (unpaired) electrons. The van der Waals surface area contributed by atoms with E-state index in [1.165, 1.54) is 83.5 Å². The number of aliphatic hydroxyl groups is 1. The van der Waals surface area contributed by atoms with Gasteiger partial charge in [0.1, 0.15) is 12.6 Å². The minimum absolute atomic E-state index is 0.0541. The van der Waals surface area contributed by atoms with Gasteiger partial charge in [0.2, 0.25) is 0 Å². The van der Waals surface area contributed by atoms with Gasteiger partial charge in [-0.25, -0.2) is 0 Å². The molecular formula is C23H47NO3. The summed E-state index contributed by atoms with van der Waals surface area (Å²) < 4.78 is 0.535. The first kappa shape index (κ1) is 26.4. The highest BCUT2D eigenvalue weighted by Gasteiger charge is 2.19. The van der Waals surface area contributed by atoms with Crippen molar-refractivity contribution in [3.63, 3.8) is 0 Å². The van der Waals surface area contributed by atoms with Crippen LogP contribution in [0.2, 0.25) is 0 Å². The van der Waals surface area contributed by atoms with Gasteiger partial charge in [0.25, 0.3) is 0 Å². The number of aliphatic carboxylic acids is 1. The Labute approximate surface area is 168 Å². The fourth-order valence-corrected chi connectivity index (χ4v) is 3.72. The minimum Gasteiger partial charge on any atom is -0.550 e. The van der Waals surface area contributed by atoms with Gasteiger partial charge in [-0.2, -0.15) is 0 Å². The van der Waals surface area contributed by atoms with E-state index in [-0.39, 0.29) is 12.5 Å². The van der Waals surface area contributed by atoms with E-state index in [9.17, 15) is 15.0 Å². The second-order valence-corrected chi connectivity index (χ2v) is 9.00. The number of unbranched alkanes of at least 4 members (excludes halogenated alkanes) is 13. The summed E-state index contributed by atoms with van der Waals surface area (Å²) in [6.07, 6.45) is 19.3. The van der Waals surface area contributed by atoms with E-state index in [2.05, 4.69) is 6.92 Å². The number of nitrogens with zero attached hydrogens (tertiary/aromatic N) is 1. The molecule has 4 nitrogen and oxygen atoms in total. The van der Waals surface area contributed by atoms with Crippen LogP contribution in [0.5, 0.6) is 0 Å². The lowest BCUT2D eigenvalue weighted by Gasteiger charge is -2.32. The molecule has 0 aliphatic rings. The molecule has 0 amide bonds. The van der Waals surface area contributed by atoms with E-state index >= 15 is 0 Å². The van der Waals surface area contributed by atoms with Crippen molar-refractivity contribution in [1.29, 1.82) is 0 Å². The van der Waals surface area contributed by atoms with Crippen molar-refractivity contribution in [2.75, 3.05) is 27.2 Å². The van der Waals surface area contributed by atoms with Crippen LogP contribution in [0.1, 0.15) is 110 Å². The first-order valence-corrected chi connectivity index (χ1v) is 11.6. The molecule has 1 unspecified atom stereocenters. The minimum atomic E-state index is -1.01. The van der Waals surface area contributed by atoms with Crippen LogP contribution >= 0.6 is 0 Å². The van der Waals surface area contributed by atoms with Crippen molar-refractivity contribution in [2.45, 2.75) is 116 Å². The number of carboxylic acids is 1. The second kappa shape index (κ2) is 17.5. The van der Waals surface area contributed by atoms with Gasteiger partial charge in [-0.15, -0.1) is 0 Å². The van der Waals surface area contributed by atoms with Gasteiger partial charge in [-0.3, -0.25) is 0 Å². The number of rotatable bonds is 20. The van der Waals surface area contributed by atoms with Crippen LogP contribution in [0.15, 0.2) is 0 Å². The number of carboxylic acid groups (broad SMARTS) is 1. The summed E-state index contributed by atoms with van der Waals surface area (Å²) in [5.74, 6) is -1.01. The molecule has 1 N–H and O–H groups in total. The Hall–Kier alpha value is -0.610. The Morgan fingerprint density at radius 3 is 1.63 bits per heavy atom. The van der Waals surface area contributed by atoms with Crippen LogP contribution in [0.4, 0.5) is 0 Å². The summed E-state index contributed by atoms with van der Waals surface area (Å²) >= 11 is 0. The monoisotopic (exact) mass is 385 g/mol. The Bertz CT molecular complexity index is 345. The molecule has 1 atom stereocenters. The topological polar surface area (TPSA) is 60.4 Å². The lowest BCUT2D eigenvalue weighted by molar-refractivity contribution is -0.893. The number of aliphatic hydroxyl groups excluding tert-OH is 1. The van der Waals surface area contributed by atoms with Gasteiger partial charge >= 0.3 is 0 Å². The molecule has 0 fully saturated rings. The molecule has 0 aromatic heterocycles. The number of quaternary nitrogens is 1. The Morgan fingerprint density at radius 1 is 0.815 bits per heavy atom. The molecular weight excluding hydrogens is 338 g/mol. The van der Waals surface area contributed by atoms with Gasteiger partial charge in [-0.05, 0) is 6.42 Å². The molecule has 162 valence electrons. The summed E-state index contributed by atoms with van der Waals surface area (Å²) in [5, 5.41) is 20.7. The summed E-state index contributed by atoms with van der Waals surface area (Å²) in [5.41, 5.74) is 0. The maximum atomic E-state index is 10.6. The van der Waals surface area contributed by atoms with Crippen molar-refractivity contribution in [3.8, 4) is 0 Å². The molecule has 0 aliphatic carbocycles. The molecule has 0 spiro atoms. The van der Waals surface area contributed by atoms with E-state index < -0.39 is 5.97 Å². The number of carbonyl (C=O) groups excluding carboxylic acids is 1. The van der Waals surface area contributed by atoms with Gasteiger partial charge in [-0.1, -0.05) is 96.8 Å². The lowest BCUT2D eigenvalue weighted by Crippen LogP contribution is -2.47. The lowest BCUT2D eigenvalue weighted by atomic mass is 10.0. The van der Waals surface area contributed by atoms with Crippen LogP contribution < -0.4 is 5.11 Å². The Balaban J connectivity index is 3.37. The summed E-state index contributed by atoms with van der Waals surface area (Å²) in [6.45, 7) is 3.40. The van der Waals surface area contributed by atoms with Gasteiger partial charge in [0.05, 0.1) is 20.6 Å². The third-order valence-electron chi connectivity index (χ3n) is 5.52. The average molecular weight is 386 g/mol. The second-order valence-electron chi connectivity index (χ2n) is 9.00. The Kier molecular flexibility index (Phi) is 17.1. The van der Waals surface area contributed by atoms with Crippen molar-refractivity contribution < 1.29 is 19.5 Å².